The van der Waals surface area contributed by atoms with Gasteiger partial charge in [-0.1, -0.05) is 53.5 Å². The molecular weight excluding hydrogens is 335 g/mol. The molecule has 0 fully saturated rings. The van der Waals surface area contributed by atoms with Gasteiger partial charge in [0.2, 0.25) is 0 Å². The molecule has 0 spiro atoms. The summed E-state index contributed by atoms with van der Waals surface area (Å²) in [4.78, 5) is 25.8. The summed E-state index contributed by atoms with van der Waals surface area (Å²) in [6, 6.07) is 16.0. The number of hydrogen-bond donors (Lipinski definition) is 1. The Morgan fingerprint density at radius 1 is 0.870 bits per heavy atom. The number of hydrogen-bond acceptors (Lipinski definition) is 3. The van der Waals surface area contributed by atoms with E-state index in [1.165, 1.54) is 0 Å². The van der Waals surface area contributed by atoms with Crippen molar-refractivity contribution in [3.8, 4) is 0 Å². The Morgan fingerprint density at radius 2 is 1.52 bits per heavy atom. The summed E-state index contributed by atoms with van der Waals surface area (Å²) in [5.41, 5.74) is 1.56. The quantitative estimate of drug-likeness (QED) is 0.857. The van der Waals surface area contributed by atoms with Gasteiger partial charge in [0.1, 0.15) is 10.7 Å². The Balaban J connectivity index is 1.80. The second-order valence-electron chi connectivity index (χ2n) is 5.00. The van der Waals surface area contributed by atoms with E-state index in [9.17, 15) is 9.59 Å². The summed E-state index contributed by atoms with van der Waals surface area (Å²) in [5, 5.41) is 3.36. The summed E-state index contributed by atoms with van der Waals surface area (Å²) < 4.78 is 0. The van der Waals surface area contributed by atoms with Crippen molar-refractivity contribution in [1.82, 2.24) is 4.90 Å². The van der Waals surface area contributed by atoms with E-state index in [4.69, 9.17) is 23.2 Å². The molecule has 0 aliphatic carbocycles. The van der Waals surface area contributed by atoms with Crippen LogP contribution in [0.15, 0.2) is 65.3 Å². The van der Waals surface area contributed by atoms with Crippen LogP contribution in [-0.4, -0.2) is 16.7 Å². The van der Waals surface area contributed by atoms with E-state index in [-0.39, 0.29) is 17.3 Å². The maximum atomic E-state index is 12.5. The Kier molecular flexibility index (Phi) is 4.37. The zero-order valence-corrected chi connectivity index (χ0v) is 13.4. The average Bonchev–Trinajstić information content (AvgIpc) is 2.76. The first-order valence-corrected chi connectivity index (χ1v) is 7.64. The minimum atomic E-state index is -0.503. The van der Waals surface area contributed by atoms with E-state index in [1.807, 2.05) is 30.3 Å². The fourth-order valence-electron chi connectivity index (χ4n) is 2.24. The smallest absolute Gasteiger partial charge is 0.279 e. The van der Waals surface area contributed by atoms with Crippen molar-refractivity contribution >= 4 is 40.7 Å². The molecule has 0 saturated heterocycles. The van der Waals surface area contributed by atoms with E-state index in [0.717, 1.165) is 10.5 Å². The third kappa shape index (κ3) is 3.23. The minimum Gasteiger partial charge on any atom is -0.350 e. The maximum Gasteiger partial charge on any atom is 0.279 e. The fraction of sp³-hybridized carbons (Fsp3) is 0.0588. The first-order chi connectivity index (χ1) is 11.1. The van der Waals surface area contributed by atoms with Crippen LogP contribution in [0, 0.1) is 0 Å². The number of nitrogens with one attached hydrogen (secondary N) is 1. The average molecular weight is 347 g/mol. The molecule has 0 aromatic heterocycles. The summed E-state index contributed by atoms with van der Waals surface area (Å²) in [5.74, 6) is -0.948. The molecule has 0 bridgehead atoms. The first kappa shape index (κ1) is 15.6. The van der Waals surface area contributed by atoms with Crippen molar-refractivity contribution in [3.63, 3.8) is 0 Å². The lowest BCUT2D eigenvalue weighted by molar-refractivity contribution is -0.138. The van der Waals surface area contributed by atoms with Crippen LogP contribution in [0.25, 0.3) is 0 Å². The number of carbonyl (C=O) groups excluding carboxylic acids is 2. The Bertz CT molecular complexity index is 786. The number of benzene rings is 2. The van der Waals surface area contributed by atoms with Crippen molar-refractivity contribution in [2.75, 3.05) is 5.32 Å². The van der Waals surface area contributed by atoms with E-state index < -0.39 is 11.8 Å². The van der Waals surface area contributed by atoms with Gasteiger partial charge in [-0.15, -0.1) is 0 Å². The van der Waals surface area contributed by atoms with E-state index in [1.54, 1.807) is 24.3 Å². The standard InChI is InChI=1S/C17H12Cl2N2O2/c18-12-6-8-13(9-7-12)20-15-14(19)16(22)21(17(15)23)10-11-4-2-1-3-5-11/h1-9,20H,10H2. The highest BCUT2D eigenvalue weighted by Crippen LogP contribution is 2.27. The van der Waals surface area contributed by atoms with E-state index in [0.29, 0.717) is 10.7 Å². The molecule has 0 unspecified atom stereocenters. The van der Waals surface area contributed by atoms with Crippen molar-refractivity contribution in [2.24, 2.45) is 0 Å². The molecule has 2 amide bonds. The summed E-state index contributed by atoms with van der Waals surface area (Å²) in [6.07, 6.45) is 0. The molecule has 2 aromatic carbocycles. The van der Waals surface area contributed by atoms with Crippen LogP contribution in [0.4, 0.5) is 5.69 Å². The molecule has 2 aromatic rings. The zero-order valence-electron chi connectivity index (χ0n) is 11.9. The molecule has 1 aliphatic rings. The fourth-order valence-corrected chi connectivity index (χ4v) is 2.60. The number of anilines is 1. The molecule has 116 valence electrons. The van der Waals surface area contributed by atoms with Gasteiger partial charge in [0, 0.05) is 10.7 Å². The molecule has 4 nitrogen and oxygen atoms in total. The van der Waals surface area contributed by atoms with E-state index in [2.05, 4.69) is 5.32 Å². The van der Waals surface area contributed by atoms with Gasteiger partial charge in [-0.25, -0.2) is 0 Å². The highest BCUT2D eigenvalue weighted by atomic mass is 35.5. The number of imide groups is 1. The molecule has 1 aliphatic heterocycles. The van der Waals surface area contributed by atoms with Crippen LogP contribution in [0.2, 0.25) is 5.02 Å². The molecule has 0 saturated carbocycles. The second kappa shape index (κ2) is 6.44. The molecule has 3 rings (SSSR count). The Labute approximate surface area is 143 Å². The van der Waals surface area contributed by atoms with Gasteiger partial charge >= 0.3 is 0 Å². The van der Waals surface area contributed by atoms with Gasteiger partial charge in [-0.2, -0.15) is 0 Å². The molecular formula is C17H12Cl2N2O2. The molecule has 23 heavy (non-hydrogen) atoms. The summed E-state index contributed by atoms with van der Waals surface area (Å²) >= 11 is 11.9. The van der Waals surface area contributed by atoms with Crippen LogP contribution >= 0.6 is 23.2 Å². The van der Waals surface area contributed by atoms with Gasteiger partial charge in [0.15, 0.2) is 0 Å². The van der Waals surface area contributed by atoms with Gasteiger partial charge in [-0.3, -0.25) is 14.5 Å². The number of amides is 2. The van der Waals surface area contributed by atoms with Crippen molar-refractivity contribution in [3.05, 3.63) is 75.9 Å². The molecule has 1 heterocycles. The van der Waals surface area contributed by atoms with Crippen molar-refractivity contribution in [1.29, 1.82) is 0 Å². The first-order valence-electron chi connectivity index (χ1n) is 6.89. The van der Waals surface area contributed by atoms with Crippen LogP contribution in [-0.2, 0) is 16.1 Å². The Hall–Kier alpha value is -2.30. The van der Waals surface area contributed by atoms with Crippen LogP contribution in [0.5, 0.6) is 0 Å². The predicted molar refractivity (Wildman–Crippen MR) is 90.0 cm³/mol. The van der Waals surface area contributed by atoms with Gasteiger partial charge in [-0.05, 0) is 29.8 Å². The normalized spacial score (nSPS) is 14.6. The monoisotopic (exact) mass is 346 g/mol. The van der Waals surface area contributed by atoms with Crippen molar-refractivity contribution < 1.29 is 9.59 Å². The van der Waals surface area contributed by atoms with Crippen LogP contribution in [0.1, 0.15) is 5.56 Å². The highest BCUT2D eigenvalue weighted by molar-refractivity contribution is 6.48. The second-order valence-corrected chi connectivity index (χ2v) is 5.82. The molecule has 1 N–H and O–H groups in total. The van der Waals surface area contributed by atoms with Crippen molar-refractivity contribution in [2.45, 2.75) is 6.54 Å². The number of rotatable bonds is 4. The molecule has 6 heteroatoms. The lowest BCUT2D eigenvalue weighted by Gasteiger charge is -2.15. The van der Waals surface area contributed by atoms with Crippen LogP contribution < -0.4 is 5.32 Å². The number of carbonyl (C=O) groups is 2. The number of halogens is 2. The highest BCUT2D eigenvalue weighted by Gasteiger charge is 2.37. The summed E-state index contributed by atoms with van der Waals surface area (Å²) in [7, 11) is 0. The third-order valence-corrected chi connectivity index (χ3v) is 4.01. The van der Waals surface area contributed by atoms with Crippen LogP contribution in [0.3, 0.4) is 0 Å². The molecule has 0 radical (unpaired) electrons. The molecule has 0 atom stereocenters. The third-order valence-electron chi connectivity index (χ3n) is 3.41. The van der Waals surface area contributed by atoms with Gasteiger partial charge < -0.3 is 5.32 Å². The largest absolute Gasteiger partial charge is 0.350 e. The Morgan fingerprint density at radius 3 is 2.17 bits per heavy atom. The lowest BCUT2D eigenvalue weighted by atomic mass is 10.2. The van der Waals surface area contributed by atoms with Gasteiger partial charge in [0.05, 0.1) is 6.54 Å². The maximum absolute atomic E-state index is 12.5. The topological polar surface area (TPSA) is 49.4 Å². The predicted octanol–water partition coefficient (Wildman–Crippen LogP) is 3.77. The minimum absolute atomic E-state index is 0.0786. The van der Waals surface area contributed by atoms with Gasteiger partial charge in [0.25, 0.3) is 11.8 Å². The van der Waals surface area contributed by atoms with E-state index >= 15 is 0 Å². The summed E-state index contributed by atoms with van der Waals surface area (Å²) in [6.45, 7) is 0.181. The SMILES string of the molecule is O=C1C(Cl)=C(Nc2ccc(Cl)cc2)C(=O)N1Cc1ccccc1. The lowest BCUT2D eigenvalue weighted by Crippen LogP contribution is -2.31. The zero-order chi connectivity index (χ0) is 16.4. The number of nitrogens with zero attached hydrogens (tertiary/aromatic N) is 1.